The number of aromatic nitrogens is 5. The van der Waals surface area contributed by atoms with Crippen molar-refractivity contribution in [2.45, 2.75) is 13.3 Å². The van der Waals surface area contributed by atoms with E-state index in [9.17, 15) is 0 Å². The molecule has 0 radical (unpaired) electrons. The van der Waals surface area contributed by atoms with Gasteiger partial charge in [0.05, 0.1) is 0 Å². The second kappa shape index (κ2) is 5.77. The Kier molecular flexibility index (Phi) is 3.83. The minimum Gasteiger partial charge on any atom is -0.368 e. The van der Waals surface area contributed by atoms with Gasteiger partial charge in [-0.2, -0.15) is 0 Å². The lowest BCUT2D eigenvalue weighted by molar-refractivity contribution is 0.729. The van der Waals surface area contributed by atoms with Crippen LogP contribution in [0, 0.1) is 6.92 Å². The molecule has 0 unspecified atom stereocenters. The number of hydrogen-bond donors (Lipinski definition) is 1. The van der Waals surface area contributed by atoms with Gasteiger partial charge in [-0.05, 0) is 30.5 Å². The van der Waals surface area contributed by atoms with Gasteiger partial charge in [-0.3, -0.25) is 0 Å². The Bertz CT molecular complexity index is 782. The van der Waals surface area contributed by atoms with Crippen molar-refractivity contribution in [2.75, 3.05) is 11.9 Å². The molecule has 0 aliphatic carbocycles. The quantitative estimate of drug-likeness (QED) is 0.785. The molecule has 1 N–H and O–H groups in total. The molecule has 108 valence electrons. The zero-order chi connectivity index (χ0) is 14.8. The van der Waals surface area contributed by atoms with Crippen molar-refractivity contribution in [1.82, 2.24) is 25.0 Å². The summed E-state index contributed by atoms with van der Waals surface area (Å²) in [6, 6.07) is 6.25. The maximum atomic E-state index is 4.24. The maximum Gasteiger partial charge on any atom is 0.183 e. The average molecular weight is 347 g/mol. The number of fused-ring (bicyclic) bond motifs is 1. The van der Waals surface area contributed by atoms with Crippen LogP contribution >= 0.6 is 15.9 Å². The molecule has 0 amide bonds. The molecule has 0 atom stereocenters. The summed E-state index contributed by atoms with van der Waals surface area (Å²) in [4.78, 5) is 8.42. The fourth-order valence-corrected chi connectivity index (χ4v) is 2.63. The number of hydrogen-bond acceptors (Lipinski definition) is 5. The Morgan fingerprint density at radius 2 is 2.14 bits per heavy atom. The fourth-order valence-electron chi connectivity index (χ4n) is 2.22. The number of aryl methyl sites for hydroxylation is 1. The summed E-state index contributed by atoms with van der Waals surface area (Å²) < 4.78 is 2.78. The van der Waals surface area contributed by atoms with Crippen molar-refractivity contribution >= 4 is 32.9 Å². The van der Waals surface area contributed by atoms with Gasteiger partial charge < -0.3 is 5.32 Å². The van der Waals surface area contributed by atoms with Crippen molar-refractivity contribution in [3.63, 3.8) is 0 Å². The van der Waals surface area contributed by atoms with E-state index in [4.69, 9.17) is 0 Å². The van der Waals surface area contributed by atoms with Gasteiger partial charge in [0.15, 0.2) is 17.0 Å². The first-order valence-electron chi connectivity index (χ1n) is 6.65. The zero-order valence-electron chi connectivity index (χ0n) is 11.8. The van der Waals surface area contributed by atoms with Gasteiger partial charge in [0.25, 0.3) is 0 Å². The third-order valence-corrected chi connectivity index (χ3v) is 4.31. The molecule has 0 fully saturated rings. The lowest BCUT2D eigenvalue weighted by atomic mass is 10.1. The third-order valence-electron chi connectivity index (χ3n) is 3.46. The average Bonchev–Trinajstić information content (AvgIpc) is 2.86. The Labute approximate surface area is 130 Å². The highest BCUT2D eigenvalue weighted by molar-refractivity contribution is 9.10. The van der Waals surface area contributed by atoms with Gasteiger partial charge in [0, 0.05) is 18.1 Å². The molecule has 0 aliphatic heterocycles. The van der Waals surface area contributed by atoms with E-state index in [0.717, 1.165) is 28.9 Å². The van der Waals surface area contributed by atoms with Gasteiger partial charge in [0.1, 0.15) is 6.33 Å². The largest absolute Gasteiger partial charge is 0.368 e. The molecule has 2 heterocycles. The maximum absolute atomic E-state index is 4.24. The van der Waals surface area contributed by atoms with E-state index < -0.39 is 0 Å². The second-order valence-corrected chi connectivity index (χ2v) is 5.66. The number of anilines is 1. The summed E-state index contributed by atoms with van der Waals surface area (Å²) in [6.45, 7) is 2.89. The molecular weight excluding hydrogens is 332 g/mol. The summed E-state index contributed by atoms with van der Waals surface area (Å²) in [7, 11) is 1.82. The molecule has 1 aromatic carbocycles. The summed E-state index contributed by atoms with van der Waals surface area (Å²) >= 11 is 3.56. The number of nitrogens with zero attached hydrogens (tertiary/aromatic N) is 5. The van der Waals surface area contributed by atoms with E-state index in [-0.39, 0.29) is 0 Å². The molecule has 3 rings (SSSR count). The SMILES string of the molecule is Cc1c(Br)cccc1CCNc1ncnc2c1nnn2C. The monoisotopic (exact) mass is 346 g/mol. The van der Waals surface area contributed by atoms with Gasteiger partial charge in [0.2, 0.25) is 0 Å². The second-order valence-electron chi connectivity index (χ2n) is 4.81. The Morgan fingerprint density at radius 3 is 3.00 bits per heavy atom. The first-order valence-corrected chi connectivity index (χ1v) is 7.44. The smallest absolute Gasteiger partial charge is 0.183 e. The number of rotatable bonds is 4. The molecule has 6 nitrogen and oxygen atoms in total. The fraction of sp³-hybridized carbons (Fsp3) is 0.286. The summed E-state index contributed by atoms with van der Waals surface area (Å²) in [5, 5.41) is 11.4. The van der Waals surface area contributed by atoms with Crippen molar-refractivity contribution in [3.8, 4) is 0 Å². The Balaban J connectivity index is 1.74. The van der Waals surface area contributed by atoms with Crippen molar-refractivity contribution in [1.29, 1.82) is 0 Å². The van der Waals surface area contributed by atoms with Crippen LogP contribution in [0.1, 0.15) is 11.1 Å². The van der Waals surface area contributed by atoms with E-state index in [1.54, 1.807) is 4.68 Å². The third kappa shape index (κ3) is 2.73. The van der Waals surface area contributed by atoms with Crippen LogP contribution in [0.25, 0.3) is 11.2 Å². The highest BCUT2D eigenvalue weighted by atomic mass is 79.9. The first-order chi connectivity index (χ1) is 10.2. The van der Waals surface area contributed by atoms with Crippen molar-refractivity contribution < 1.29 is 0 Å². The van der Waals surface area contributed by atoms with Crippen LogP contribution in [0.3, 0.4) is 0 Å². The van der Waals surface area contributed by atoms with E-state index in [1.165, 1.54) is 17.5 Å². The minimum atomic E-state index is 0.700. The highest BCUT2D eigenvalue weighted by Crippen LogP contribution is 2.20. The molecule has 0 aliphatic rings. The molecule has 7 heteroatoms. The molecule has 2 aromatic heterocycles. The van der Waals surface area contributed by atoms with Crippen LogP contribution in [-0.4, -0.2) is 31.5 Å². The first kappa shape index (κ1) is 13.9. The van der Waals surface area contributed by atoms with E-state index in [1.807, 2.05) is 7.05 Å². The number of halogens is 1. The molecular formula is C14H15BrN6. The minimum absolute atomic E-state index is 0.700. The Hall–Kier alpha value is -2.02. The number of benzene rings is 1. The van der Waals surface area contributed by atoms with Gasteiger partial charge in [-0.25, -0.2) is 14.6 Å². The molecule has 0 saturated heterocycles. The van der Waals surface area contributed by atoms with Gasteiger partial charge >= 0.3 is 0 Å². The zero-order valence-corrected chi connectivity index (χ0v) is 13.4. The summed E-state index contributed by atoms with van der Waals surface area (Å²) in [5.74, 6) is 0.723. The van der Waals surface area contributed by atoms with Crippen LogP contribution in [0.4, 0.5) is 5.82 Å². The molecule has 0 bridgehead atoms. The standard InChI is InChI=1S/C14H15BrN6/c1-9-10(4-3-5-11(9)15)6-7-16-13-12-14(18-8-17-13)21(2)20-19-12/h3-5,8H,6-7H2,1-2H3,(H,16,17,18). The predicted octanol–water partition coefficient (Wildman–Crippen LogP) is 2.48. The normalized spacial score (nSPS) is 11.0. The topological polar surface area (TPSA) is 68.5 Å². The van der Waals surface area contributed by atoms with Crippen molar-refractivity contribution in [2.24, 2.45) is 7.05 Å². The van der Waals surface area contributed by atoms with Gasteiger partial charge in [-0.15, -0.1) is 5.10 Å². The summed E-state index contributed by atoms with van der Waals surface area (Å²) in [6.07, 6.45) is 2.44. The molecule has 0 spiro atoms. The number of nitrogens with one attached hydrogen (secondary N) is 1. The lowest BCUT2D eigenvalue weighted by Crippen LogP contribution is -2.08. The van der Waals surface area contributed by atoms with Crippen LogP contribution in [-0.2, 0) is 13.5 Å². The van der Waals surface area contributed by atoms with Crippen LogP contribution < -0.4 is 5.32 Å². The molecule has 21 heavy (non-hydrogen) atoms. The summed E-state index contributed by atoms with van der Waals surface area (Å²) in [5.41, 5.74) is 4.00. The molecule has 3 aromatic rings. The van der Waals surface area contributed by atoms with E-state index >= 15 is 0 Å². The van der Waals surface area contributed by atoms with Gasteiger partial charge in [-0.1, -0.05) is 33.3 Å². The van der Waals surface area contributed by atoms with Crippen molar-refractivity contribution in [3.05, 3.63) is 40.1 Å². The van der Waals surface area contributed by atoms with Crippen LogP contribution in [0.15, 0.2) is 29.0 Å². The highest BCUT2D eigenvalue weighted by Gasteiger charge is 2.09. The van der Waals surface area contributed by atoms with Crippen LogP contribution in [0.5, 0.6) is 0 Å². The Morgan fingerprint density at radius 1 is 1.29 bits per heavy atom. The van der Waals surface area contributed by atoms with E-state index in [2.05, 4.69) is 66.6 Å². The lowest BCUT2D eigenvalue weighted by Gasteiger charge is -2.09. The molecule has 0 saturated carbocycles. The van der Waals surface area contributed by atoms with E-state index in [0.29, 0.717) is 5.52 Å². The predicted molar refractivity (Wildman–Crippen MR) is 85.2 cm³/mol. The van der Waals surface area contributed by atoms with Crippen LogP contribution in [0.2, 0.25) is 0 Å².